The average Bonchev–Trinajstić information content (AvgIpc) is 2.43. The zero-order valence-corrected chi connectivity index (χ0v) is 11.9. The van der Waals surface area contributed by atoms with Crippen LogP contribution in [0.3, 0.4) is 0 Å². The highest BCUT2D eigenvalue weighted by Crippen LogP contribution is 2.32. The molecule has 7 nitrogen and oxygen atoms in total. The smallest absolute Gasteiger partial charge is 0.315 e. The van der Waals surface area contributed by atoms with Crippen molar-refractivity contribution in [1.82, 2.24) is 5.32 Å². The molecule has 3 N–H and O–H groups in total. The number of carbonyl (C=O) groups is 1. The minimum absolute atomic E-state index is 0.0647. The lowest BCUT2D eigenvalue weighted by molar-refractivity contribution is -0.383. The maximum absolute atomic E-state index is 11.8. The number of carbonyl (C=O) groups excluding carboxylic acids is 1. The van der Waals surface area contributed by atoms with Gasteiger partial charge in [-0.3, -0.25) is 14.9 Å². The van der Waals surface area contributed by atoms with Crippen LogP contribution in [0.15, 0.2) is 18.2 Å². The largest absolute Gasteiger partial charge is 0.382 e. The van der Waals surface area contributed by atoms with E-state index < -0.39 is 11.0 Å². The zero-order valence-electron chi connectivity index (χ0n) is 11.9. The van der Waals surface area contributed by atoms with Gasteiger partial charge in [-0.15, -0.1) is 0 Å². The summed E-state index contributed by atoms with van der Waals surface area (Å²) in [6, 6.07) is 4.35. The number of hydrogen-bond acceptors (Lipinski definition) is 5. The number of para-hydroxylation sites is 1. The molecular formula is C13H20N4O3. The Kier molecular flexibility index (Phi) is 5.76. The van der Waals surface area contributed by atoms with E-state index in [4.69, 9.17) is 0 Å². The van der Waals surface area contributed by atoms with Gasteiger partial charge in [0.2, 0.25) is 5.91 Å². The summed E-state index contributed by atoms with van der Waals surface area (Å²) in [5, 5.41) is 19.5. The van der Waals surface area contributed by atoms with Crippen LogP contribution in [0.5, 0.6) is 0 Å². The Labute approximate surface area is 117 Å². The Morgan fingerprint density at radius 2 is 2.05 bits per heavy atom. The van der Waals surface area contributed by atoms with Gasteiger partial charge < -0.3 is 16.0 Å². The predicted molar refractivity (Wildman–Crippen MR) is 79.0 cm³/mol. The van der Waals surface area contributed by atoms with Crippen molar-refractivity contribution in [3.05, 3.63) is 28.3 Å². The van der Waals surface area contributed by atoms with E-state index in [2.05, 4.69) is 16.0 Å². The number of amides is 1. The molecule has 0 heterocycles. The van der Waals surface area contributed by atoms with Gasteiger partial charge in [-0.1, -0.05) is 13.0 Å². The first kappa shape index (κ1) is 15.7. The van der Waals surface area contributed by atoms with Gasteiger partial charge in [-0.05, 0) is 25.5 Å². The van der Waals surface area contributed by atoms with E-state index in [1.165, 1.54) is 0 Å². The second-order valence-corrected chi connectivity index (χ2v) is 4.37. The Morgan fingerprint density at radius 3 is 2.60 bits per heavy atom. The van der Waals surface area contributed by atoms with Gasteiger partial charge in [0, 0.05) is 13.6 Å². The van der Waals surface area contributed by atoms with Crippen molar-refractivity contribution in [1.29, 1.82) is 0 Å². The summed E-state index contributed by atoms with van der Waals surface area (Å²) in [5.41, 5.74) is 0.660. The molecule has 1 unspecified atom stereocenters. The molecule has 0 fully saturated rings. The van der Waals surface area contributed by atoms with Crippen LogP contribution in [-0.2, 0) is 4.79 Å². The van der Waals surface area contributed by atoms with Crippen LogP contribution in [0, 0.1) is 10.1 Å². The fourth-order valence-electron chi connectivity index (χ4n) is 1.76. The summed E-state index contributed by atoms with van der Waals surface area (Å²) in [6.45, 7) is 4.21. The molecule has 1 aromatic rings. The van der Waals surface area contributed by atoms with Crippen molar-refractivity contribution in [3.63, 3.8) is 0 Å². The van der Waals surface area contributed by atoms with E-state index in [0.29, 0.717) is 17.9 Å². The second kappa shape index (κ2) is 7.32. The topological polar surface area (TPSA) is 96.3 Å². The first-order valence-electron chi connectivity index (χ1n) is 6.50. The molecule has 0 aromatic heterocycles. The van der Waals surface area contributed by atoms with Crippen LogP contribution in [0.2, 0.25) is 0 Å². The van der Waals surface area contributed by atoms with Crippen molar-refractivity contribution in [2.24, 2.45) is 0 Å². The molecule has 0 bridgehead atoms. The average molecular weight is 280 g/mol. The Bertz CT molecular complexity index is 491. The molecule has 1 aromatic carbocycles. The lowest BCUT2D eigenvalue weighted by Gasteiger charge is -2.16. The number of nitrogens with one attached hydrogen (secondary N) is 3. The highest BCUT2D eigenvalue weighted by molar-refractivity contribution is 5.86. The van der Waals surface area contributed by atoms with E-state index in [1.54, 1.807) is 32.2 Å². The highest BCUT2D eigenvalue weighted by atomic mass is 16.6. The number of nitro groups is 1. The Morgan fingerprint density at radius 1 is 1.40 bits per heavy atom. The minimum Gasteiger partial charge on any atom is -0.382 e. The van der Waals surface area contributed by atoms with E-state index in [1.807, 2.05) is 6.92 Å². The summed E-state index contributed by atoms with van der Waals surface area (Å²) in [6.07, 6.45) is 0.841. The normalized spacial score (nSPS) is 11.6. The fraction of sp³-hybridized carbons (Fsp3) is 0.462. The van der Waals surface area contributed by atoms with Crippen molar-refractivity contribution in [2.75, 3.05) is 24.2 Å². The highest BCUT2D eigenvalue weighted by Gasteiger charge is 2.22. The molecule has 0 spiro atoms. The van der Waals surface area contributed by atoms with Gasteiger partial charge in [-0.25, -0.2) is 0 Å². The van der Waals surface area contributed by atoms with E-state index in [9.17, 15) is 14.9 Å². The standard InChI is InChI=1S/C13H20N4O3/c1-4-8-15-13(18)9(2)16-11-7-5-6-10(14-3)12(11)17(19)20/h5-7,9,14,16H,4,8H2,1-3H3,(H,15,18). The van der Waals surface area contributed by atoms with Crippen LogP contribution < -0.4 is 16.0 Å². The first-order valence-corrected chi connectivity index (χ1v) is 6.50. The predicted octanol–water partition coefficient (Wildman–Crippen LogP) is 1.96. The monoisotopic (exact) mass is 280 g/mol. The van der Waals surface area contributed by atoms with Gasteiger partial charge in [0.05, 0.1) is 4.92 Å². The van der Waals surface area contributed by atoms with Crippen LogP contribution in [-0.4, -0.2) is 30.5 Å². The minimum atomic E-state index is -0.549. The van der Waals surface area contributed by atoms with Crippen molar-refractivity contribution >= 4 is 23.0 Å². The zero-order chi connectivity index (χ0) is 15.1. The number of nitrogens with zero attached hydrogens (tertiary/aromatic N) is 1. The quantitative estimate of drug-likeness (QED) is 0.524. The SMILES string of the molecule is CCCNC(=O)C(C)Nc1cccc(NC)c1[N+](=O)[O-]. The Balaban J connectivity index is 2.92. The second-order valence-electron chi connectivity index (χ2n) is 4.37. The molecule has 1 rings (SSSR count). The van der Waals surface area contributed by atoms with Gasteiger partial charge in [0.15, 0.2) is 0 Å². The molecule has 0 radical (unpaired) electrons. The molecule has 7 heteroatoms. The van der Waals surface area contributed by atoms with Gasteiger partial charge in [0.25, 0.3) is 0 Å². The fourth-order valence-corrected chi connectivity index (χ4v) is 1.76. The molecular weight excluding hydrogens is 260 g/mol. The summed E-state index contributed by atoms with van der Waals surface area (Å²) >= 11 is 0. The van der Waals surface area contributed by atoms with Crippen LogP contribution in [0.4, 0.5) is 17.1 Å². The third-order valence-corrected chi connectivity index (χ3v) is 2.80. The summed E-state index contributed by atoms with van der Waals surface area (Å²) in [5.74, 6) is -0.184. The molecule has 0 aliphatic rings. The molecule has 110 valence electrons. The number of hydrogen-bond donors (Lipinski definition) is 3. The maximum Gasteiger partial charge on any atom is 0.315 e. The molecule has 0 aliphatic carbocycles. The molecule has 0 aliphatic heterocycles. The third kappa shape index (κ3) is 3.84. The maximum atomic E-state index is 11.8. The number of benzene rings is 1. The van der Waals surface area contributed by atoms with E-state index in [0.717, 1.165) is 6.42 Å². The molecule has 20 heavy (non-hydrogen) atoms. The van der Waals surface area contributed by atoms with Crippen molar-refractivity contribution in [3.8, 4) is 0 Å². The van der Waals surface area contributed by atoms with E-state index >= 15 is 0 Å². The molecule has 0 saturated heterocycles. The summed E-state index contributed by atoms with van der Waals surface area (Å²) in [7, 11) is 1.61. The lowest BCUT2D eigenvalue weighted by Crippen LogP contribution is -2.38. The third-order valence-electron chi connectivity index (χ3n) is 2.80. The Hall–Kier alpha value is -2.31. The molecule has 1 amide bonds. The van der Waals surface area contributed by atoms with Gasteiger partial charge in [-0.2, -0.15) is 0 Å². The van der Waals surface area contributed by atoms with Crippen LogP contribution in [0.1, 0.15) is 20.3 Å². The van der Waals surface area contributed by atoms with Crippen LogP contribution in [0.25, 0.3) is 0 Å². The van der Waals surface area contributed by atoms with E-state index in [-0.39, 0.29) is 11.6 Å². The first-order chi connectivity index (χ1) is 9.51. The number of nitro benzene ring substituents is 1. The van der Waals surface area contributed by atoms with Gasteiger partial charge in [0.1, 0.15) is 17.4 Å². The molecule has 0 saturated carbocycles. The van der Waals surface area contributed by atoms with Gasteiger partial charge >= 0.3 is 5.69 Å². The lowest BCUT2D eigenvalue weighted by atomic mass is 10.2. The summed E-state index contributed by atoms with van der Waals surface area (Å²) < 4.78 is 0. The number of rotatable bonds is 7. The van der Waals surface area contributed by atoms with Crippen molar-refractivity contribution in [2.45, 2.75) is 26.3 Å². The van der Waals surface area contributed by atoms with Crippen LogP contribution >= 0.6 is 0 Å². The van der Waals surface area contributed by atoms with Crippen molar-refractivity contribution < 1.29 is 9.72 Å². The summed E-state index contributed by atoms with van der Waals surface area (Å²) in [4.78, 5) is 22.5. The molecule has 1 atom stereocenters. The number of anilines is 2.